The van der Waals surface area contributed by atoms with Crippen LogP contribution in [0.3, 0.4) is 0 Å². The molecule has 19 heavy (non-hydrogen) atoms. The van der Waals surface area contributed by atoms with Gasteiger partial charge >= 0.3 is 0 Å². The minimum atomic E-state index is 0.785. The van der Waals surface area contributed by atoms with Crippen molar-refractivity contribution in [3.63, 3.8) is 0 Å². The van der Waals surface area contributed by atoms with Crippen molar-refractivity contribution in [3.05, 3.63) is 63.1 Å². The lowest BCUT2D eigenvalue weighted by Crippen LogP contribution is -2.05. The summed E-state index contributed by atoms with van der Waals surface area (Å²) in [5.74, 6) is 0.953. The smallest absolute Gasteiger partial charge is 0.0406 e. The molecular weight excluding hydrogens is 342 g/mol. The van der Waals surface area contributed by atoms with Crippen molar-refractivity contribution in [3.8, 4) is 0 Å². The van der Waals surface area contributed by atoms with Crippen LogP contribution in [-0.4, -0.2) is 7.05 Å². The van der Waals surface area contributed by atoms with Crippen molar-refractivity contribution in [2.45, 2.75) is 17.2 Å². The van der Waals surface area contributed by atoms with Crippen LogP contribution in [0.4, 0.5) is 0 Å². The molecule has 0 radical (unpaired) electrons. The Morgan fingerprint density at radius 3 is 2.53 bits per heavy atom. The first-order valence-electron chi connectivity index (χ1n) is 5.99. The maximum absolute atomic E-state index is 5.88. The monoisotopic (exact) mass is 355 g/mol. The van der Waals surface area contributed by atoms with E-state index in [4.69, 9.17) is 11.6 Å². The Balaban J connectivity index is 1.99. The van der Waals surface area contributed by atoms with E-state index in [1.807, 2.05) is 30.9 Å². The quantitative estimate of drug-likeness (QED) is 0.747. The fourth-order valence-corrected chi connectivity index (χ4v) is 3.39. The molecule has 0 saturated carbocycles. The maximum Gasteiger partial charge on any atom is 0.0406 e. The van der Waals surface area contributed by atoms with Gasteiger partial charge in [-0.05, 0) is 42.4 Å². The van der Waals surface area contributed by atoms with E-state index < -0.39 is 0 Å². The van der Waals surface area contributed by atoms with Crippen LogP contribution in [0.2, 0.25) is 5.02 Å². The Morgan fingerprint density at radius 1 is 1.16 bits per heavy atom. The van der Waals surface area contributed by atoms with E-state index in [1.54, 1.807) is 0 Å². The molecular formula is C15H15BrClNS. The molecule has 0 spiro atoms. The third-order valence-corrected chi connectivity index (χ3v) is 4.77. The molecule has 0 aliphatic rings. The Hall–Kier alpha value is -0.480. The SMILES string of the molecule is CNCc1ccc(SCc2ccc(Cl)cc2)cc1Br. The second-order valence-corrected chi connectivity index (χ2v) is 6.54. The molecule has 0 aliphatic carbocycles. The Labute approximate surface area is 131 Å². The van der Waals surface area contributed by atoms with Gasteiger partial charge in [-0.1, -0.05) is 45.7 Å². The van der Waals surface area contributed by atoms with Crippen LogP contribution in [-0.2, 0) is 12.3 Å². The lowest BCUT2D eigenvalue weighted by molar-refractivity contribution is 0.813. The van der Waals surface area contributed by atoms with Gasteiger partial charge in [0, 0.05) is 26.7 Å². The molecule has 0 aliphatic heterocycles. The van der Waals surface area contributed by atoms with Crippen molar-refractivity contribution >= 4 is 39.3 Å². The van der Waals surface area contributed by atoms with Crippen molar-refractivity contribution < 1.29 is 0 Å². The zero-order chi connectivity index (χ0) is 13.7. The number of rotatable bonds is 5. The van der Waals surface area contributed by atoms with Crippen molar-refractivity contribution in [1.29, 1.82) is 0 Å². The molecule has 2 aromatic rings. The van der Waals surface area contributed by atoms with Gasteiger partial charge in [0.2, 0.25) is 0 Å². The minimum absolute atomic E-state index is 0.785. The average molecular weight is 357 g/mol. The number of thioether (sulfide) groups is 1. The lowest BCUT2D eigenvalue weighted by Gasteiger charge is -2.07. The highest BCUT2D eigenvalue weighted by molar-refractivity contribution is 9.10. The van der Waals surface area contributed by atoms with Gasteiger partial charge in [0.1, 0.15) is 0 Å². The summed E-state index contributed by atoms with van der Waals surface area (Å²) in [6.45, 7) is 0.878. The third kappa shape index (κ3) is 4.53. The average Bonchev–Trinajstić information content (AvgIpc) is 2.41. The van der Waals surface area contributed by atoms with E-state index >= 15 is 0 Å². The van der Waals surface area contributed by atoms with Crippen molar-refractivity contribution in [2.75, 3.05) is 7.05 Å². The zero-order valence-corrected chi connectivity index (χ0v) is 13.8. The van der Waals surface area contributed by atoms with E-state index in [2.05, 4.69) is 51.6 Å². The van der Waals surface area contributed by atoms with Crippen LogP contribution in [0.5, 0.6) is 0 Å². The van der Waals surface area contributed by atoms with Crippen LogP contribution in [0.15, 0.2) is 51.8 Å². The summed E-state index contributed by atoms with van der Waals surface area (Å²) in [6, 6.07) is 14.5. The summed E-state index contributed by atoms with van der Waals surface area (Å²) in [6.07, 6.45) is 0. The van der Waals surface area contributed by atoms with Crippen LogP contribution in [0, 0.1) is 0 Å². The molecule has 0 fully saturated rings. The Kier molecular flexibility index (Phi) is 5.76. The van der Waals surface area contributed by atoms with Gasteiger partial charge in [0.05, 0.1) is 0 Å². The fraction of sp³-hybridized carbons (Fsp3) is 0.200. The van der Waals surface area contributed by atoms with Gasteiger partial charge in [0.15, 0.2) is 0 Å². The second-order valence-electron chi connectivity index (χ2n) is 4.20. The highest BCUT2D eigenvalue weighted by Gasteiger charge is 2.02. The van der Waals surface area contributed by atoms with Gasteiger partial charge < -0.3 is 5.32 Å². The largest absolute Gasteiger partial charge is 0.316 e. The minimum Gasteiger partial charge on any atom is -0.316 e. The number of benzene rings is 2. The summed E-state index contributed by atoms with van der Waals surface area (Å²) < 4.78 is 1.16. The van der Waals surface area contributed by atoms with Gasteiger partial charge in [-0.3, -0.25) is 0 Å². The lowest BCUT2D eigenvalue weighted by atomic mass is 10.2. The van der Waals surface area contributed by atoms with E-state index in [0.29, 0.717) is 0 Å². The van der Waals surface area contributed by atoms with Crippen LogP contribution in [0.1, 0.15) is 11.1 Å². The molecule has 0 saturated heterocycles. The number of nitrogens with one attached hydrogen (secondary N) is 1. The summed E-state index contributed by atoms with van der Waals surface area (Å²) >= 11 is 11.3. The molecule has 2 rings (SSSR count). The molecule has 0 unspecified atom stereocenters. The van der Waals surface area contributed by atoms with Crippen molar-refractivity contribution in [2.24, 2.45) is 0 Å². The first-order valence-corrected chi connectivity index (χ1v) is 8.15. The van der Waals surface area contributed by atoms with E-state index in [9.17, 15) is 0 Å². The van der Waals surface area contributed by atoms with Crippen LogP contribution in [0.25, 0.3) is 0 Å². The molecule has 2 aromatic carbocycles. The normalized spacial score (nSPS) is 10.7. The highest BCUT2D eigenvalue weighted by Crippen LogP contribution is 2.28. The Morgan fingerprint density at radius 2 is 1.89 bits per heavy atom. The summed E-state index contributed by atoms with van der Waals surface area (Å²) in [4.78, 5) is 1.27. The number of hydrogen-bond donors (Lipinski definition) is 1. The Bertz CT molecular complexity index is 542. The van der Waals surface area contributed by atoms with Crippen LogP contribution < -0.4 is 5.32 Å². The molecule has 0 heterocycles. The fourth-order valence-electron chi connectivity index (χ4n) is 1.70. The second kappa shape index (κ2) is 7.34. The van der Waals surface area contributed by atoms with E-state index in [0.717, 1.165) is 21.8 Å². The molecule has 0 atom stereocenters. The summed E-state index contributed by atoms with van der Waals surface area (Å²) in [5, 5.41) is 3.94. The molecule has 0 aromatic heterocycles. The van der Waals surface area contributed by atoms with Crippen LogP contribution >= 0.6 is 39.3 Å². The summed E-state index contributed by atoms with van der Waals surface area (Å²) in [5.41, 5.74) is 2.56. The van der Waals surface area contributed by atoms with Gasteiger partial charge in [-0.25, -0.2) is 0 Å². The first kappa shape index (κ1) is 14.9. The van der Waals surface area contributed by atoms with Crippen molar-refractivity contribution in [1.82, 2.24) is 5.32 Å². The molecule has 1 nitrogen and oxygen atoms in total. The molecule has 4 heteroatoms. The first-order chi connectivity index (χ1) is 9.19. The zero-order valence-electron chi connectivity index (χ0n) is 10.6. The predicted molar refractivity (Wildman–Crippen MR) is 87.9 cm³/mol. The number of halogens is 2. The molecule has 100 valence electrons. The number of hydrogen-bond acceptors (Lipinski definition) is 2. The third-order valence-electron chi connectivity index (χ3n) is 2.71. The van der Waals surface area contributed by atoms with E-state index in [-0.39, 0.29) is 0 Å². The van der Waals surface area contributed by atoms with Gasteiger partial charge in [0.25, 0.3) is 0 Å². The predicted octanol–water partition coefficient (Wildman–Crippen LogP) is 5.11. The molecule has 1 N–H and O–H groups in total. The molecule has 0 amide bonds. The van der Waals surface area contributed by atoms with E-state index in [1.165, 1.54) is 16.0 Å². The topological polar surface area (TPSA) is 12.0 Å². The maximum atomic E-state index is 5.88. The van der Waals surface area contributed by atoms with Gasteiger partial charge in [-0.15, -0.1) is 11.8 Å². The van der Waals surface area contributed by atoms with Gasteiger partial charge in [-0.2, -0.15) is 0 Å². The summed E-state index contributed by atoms with van der Waals surface area (Å²) in [7, 11) is 1.95. The molecule has 0 bridgehead atoms. The standard InChI is InChI=1S/C15H15BrClNS/c1-18-9-12-4-7-14(8-15(12)16)19-10-11-2-5-13(17)6-3-11/h2-8,18H,9-10H2,1H3. The highest BCUT2D eigenvalue weighted by atomic mass is 79.9.